The van der Waals surface area contributed by atoms with Gasteiger partial charge < -0.3 is 15.4 Å². The summed E-state index contributed by atoms with van der Waals surface area (Å²) in [6, 6.07) is 20.4. The van der Waals surface area contributed by atoms with Crippen LogP contribution in [0.5, 0.6) is 0 Å². The molecule has 2 atom stereocenters. The third-order valence-electron chi connectivity index (χ3n) is 5.20. The van der Waals surface area contributed by atoms with Crippen LogP contribution in [0, 0.1) is 5.82 Å². The molecule has 3 amide bonds. The molecular formula is C25H22FN3O4. The molecule has 0 aliphatic carbocycles. The number of para-hydroxylation sites is 1. The maximum Gasteiger partial charge on any atom is 0.411 e. The maximum atomic E-state index is 13.3. The maximum absolute atomic E-state index is 13.3. The van der Waals surface area contributed by atoms with Gasteiger partial charge in [-0.3, -0.25) is 14.5 Å². The Hall–Kier alpha value is -4.20. The second-order valence-electron chi connectivity index (χ2n) is 7.67. The van der Waals surface area contributed by atoms with E-state index in [1.165, 1.54) is 24.0 Å². The molecule has 2 N–H and O–H groups in total. The van der Waals surface area contributed by atoms with Gasteiger partial charge in [-0.05, 0) is 47.5 Å². The molecule has 4 rings (SSSR count). The van der Waals surface area contributed by atoms with E-state index in [-0.39, 0.29) is 12.5 Å². The third-order valence-corrected chi connectivity index (χ3v) is 5.20. The number of anilines is 2. The Kier molecular flexibility index (Phi) is 6.35. The second-order valence-corrected chi connectivity index (χ2v) is 7.67. The zero-order valence-electron chi connectivity index (χ0n) is 17.8. The highest BCUT2D eigenvalue weighted by Gasteiger charge is 2.47. The normalized spacial score (nSPS) is 17.4. The number of nitrogens with one attached hydrogen (secondary N) is 2. The lowest BCUT2D eigenvalue weighted by Crippen LogP contribution is -2.43. The first-order valence-electron chi connectivity index (χ1n) is 10.4. The monoisotopic (exact) mass is 447 g/mol. The predicted octanol–water partition coefficient (Wildman–Crippen LogP) is 4.48. The van der Waals surface area contributed by atoms with Crippen molar-refractivity contribution >= 4 is 29.3 Å². The number of hydrogen-bond donors (Lipinski definition) is 2. The predicted molar refractivity (Wildman–Crippen MR) is 121 cm³/mol. The topological polar surface area (TPSA) is 87.7 Å². The van der Waals surface area contributed by atoms with Gasteiger partial charge in [0.2, 0.25) is 5.91 Å². The van der Waals surface area contributed by atoms with E-state index in [9.17, 15) is 18.8 Å². The van der Waals surface area contributed by atoms with E-state index in [4.69, 9.17) is 4.74 Å². The summed E-state index contributed by atoms with van der Waals surface area (Å²) in [6.45, 7) is 1.46. The van der Waals surface area contributed by atoms with Crippen molar-refractivity contribution in [2.24, 2.45) is 0 Å². The van der Waals surface area contributed by atoms with Crippen LogP contribution >= 0.6 is 0 Å². The van der Waals surface area contributed by atoms with Crippen LogP contribution in [0.15, 0.2) is 78.9 Å². The minimum absolute atomic E-state index is 0.0634. The summed E-state index contributed by atoms with van der Waals surface area (Å²) in [5, 5.41) is 5.52. The van der Waals surface area contributed by atoms with Crippen LogP contribution in [0.3, 0.4) is 0 Å². The number of amides is 3. The molecule has 3 aromatic rings. The number of hydrogen-bond acceptors (Lipinski definition) is 4. The Bertz CT molecular complexity index is 1170. The Balaban J connectivity index is 1.67. The van der Waals surface area contributed by atoms with Crippen LogP contribution in [0.1, 0.15) is 24.2 Å². The van der Waals surface area contributed by atoms with Crippen LogP contribution in [-0.2, 0) is 20.9 Å². The van der Waals surface area contributed by atoms with E-state index in [2.05, 4.69) is 10.6 Å². The molecule has 1 saturated heterocycles. The second kappa shape index (κ2) is 9.52. The number of carbonyl (C=O) groups is 3. The zero-order valence-corrected chi connectivity index (χ0v) is 17.8. The first kappa shape index (κ1) is 22.0. The molecule has 1 aliphatic rings. The van der Waals surface area contributed by atoms with Crippen molar-refractivity contribution in [2.75, 3.05) is 10.6 Å². The zero-order chi connectivity index (χ0) is 23.4. The van der Waals surface area contributed by atoms with E-state index in [0.717, 1.165) is 0 Å². The summed E-state index contributed by atoms with van der Waals surface area (Å²) in [6.07, 6.45) is -1.57. The molecule has 1 aliphatic heterocycles. The number of carbonyl (C=O) groups excluding carboxylic acids is 3. The van der Waals surface area contributed by atoms with Gasteiger partial charge in [-0.1, -0.05) is 42.5 Å². The van der Waals surface area contributed by atoms with Crippen molar-refractivity contribution in [1.82, 2.24) is 4.90 Å². The Morgan fingerprint density at radius 3 is 2.33 bits per heavy atom. The largest absolute Gasteiger partial charge is 0.438 e. The molecule has 0 bridgehead atoms. The minimum Gasteiger partial charge on any atom is -0.438 e. The molecule has 0 spiro atoms. The molecule has 2 unspecified atom stereocenters. The third kappa shape index (κ3) is 5.17. The molecule has 0 saturated carbocycles. The van der Waals surface area contributed by atoms with Crippen LogP contribution in [0.2, 0.25) is 0 Å². The molecule has 7 nitrogen and oxygen atoms in total. The average Bonchev–Trinajstić information content (AvgIpc) is 3.12. The lowest BCUT2D eigenvalue weighted by atomic mass is 10.00. The Morgan fingerprint density at radius 2 is 1.64 bits per heavy atom. The van der Waals surface area contributed by atoms with Gasteiger partial charge in [0.05, 0.1) is 6.54 Å². The minimum atomic E-state index is -0.990. The molecule has 0 radical (unpaired) electrons. The standard InChI is InChI=1S/C25H22FN3O4/c1-16(30)27-21-9-5-6-18(14-21)23-22(24(31)28-20-7-3-2-4-8-20)29(25(32)33-23)15-17-10-12-19(26)13-11-17/h2-14,22-23H,15H2,1H3,(H,27,30)(H,28,31). The van der Waals surface area contributed by atoms with Crippen molar-refractivity contribution in [3.63, 3.8) is 0 Å². The number of cyclic esters (lactones) is 1. The Morgan fingerprint density at radius 1 is 0.939 bits per heavy atom. The van der Waals surface area contributed by atoms with Crippen molar-refractivity contribution in [1.29, 1.82) is 0 Å². The van der Waals surface area contributed by atoms with E-state index in [0.29, 0.717) is 22.5 Å². The van der Waals surface area contributed by atoms with Crippen LogP contribution in [0.4, 0.5) is 20.6 Å². The van der Waals surface area contributed by atoms with Crippen LogP contribution in [-0.4, -0.2) is 28.8 Å². The van der Waals surface area contributed by atoms with Gasteiger partial charge in [0.15, 0.2) is 12.1 Å². The van der Waals surface area contributed by atoms with Crippen molar-refractivity contribution in [2.45, 2.75) is 25.6 Å². The van der Waals surface area contributed by atoms with Gasteiger partial charge in [0.1, 0.15) is 5.82 Å². The van der Waals surface area contributed by atoms with Crippen LogP contribution < -0.4 is 10.6 Å². The Labute approximate surface area is 190 Å². The van der Waals surface area contributed by atoms with Gasteiger partial charge in [0.25, 0.3) is 5.91 Å². The summed E-state index contributed by atoms with van der Waals surface area (Å²) in [4.78, 5) is 39.0. The van der Waals surface area contributed by atoms with Crippen molar-refractivity contribution < 1.29 is 23.5 Å². The van der Waals surface area contributed by atoms with Crippen LogP contribution in [0.25, 0.3) is 0 Å². The van der Waals surface area contributed by atoms with Gasteiger partial charge >= 0.3 is 6.09 Å². The summed E-state index contributed by atoms with van der Waals surface area (Å²) in [5.74, 6) is -1.07. The molecule has 3 aromatic carbocycles. The lowest BCUT2D eigenvalue weighted by Gasteiger charge is -2.24. The highest BCUT2D eigenvalue weighted by Crippen LogP contribution is 2.35. The average molecular weight is 447 g/mol. The highest BCUT2D eigenvalue weighted by atomic mass is 19.1. The number of halogens is 1. The quantitative estimate of drug-likeness (QED) is 0.583. The van der Waals surface area contributed by atoms with E-state index in [1.807, 2.05) is 6.07 Å². The number of nitrogens with zero attached hydrogens (tertiary/aromatic N) is 1. The molecule has 1 fully saturated rings. The number of rotatable bonds is 6. The van der Waals surface area contributed by atoms with E-state index < -0.39 is 30.0 Å². The first-order valence-corrected chi connectivity index (χ1v) is 10.4. The SMILES string of the molecule is CC(=O)Nc1cccc(C2OC(=O)N(Cc3ccc(F)cc3)C2C(=O)Nc2ccccc2)c1. The van der Waals surface area contributed by atoms with Crippen molar-refractivity contribution in [3.8, 4) is 0 Å². The molecule has 1 heterocycles. The smallest absolute Gasteiger partial charge is 0.411 e. The van der Waals surface area contributed by atoms with E-state index in [1.54, 1.807) is 60.7 Å². The molecule has 8 heteroatoms. The summed E-state index contributed by atoms with van der Waals surface area (Å²) < 4.78 is 19.0. The number of ether oxygens (including phenoxy) is 1. The van der Waals surface area contributed by atoms with Gasteiger partial charge in [-0.15, -0.1) is 0 Å². The highest BCUT2D eigenvalue weighted by molar-refractivity contribution is 5.98. The lowest BCUT2D eigenvalue weighted by molar-refractivity contribution is -0.121. The molecule has 0 aromatic heterocycles. The van der Waals surface area contributed by atoms with Gasteiger partial charge in [-0.2, -0.15) is 0 Å². The summed E-state index contributed by atoms with van der Waals surface area (Å²) in [5.41, 5.74) is 2.31. The fraction of sp³-hybridized carbons (Fsp3) is 0.160. The molecule has 33 heavy (non-hydrogen) atoms. The summed E-state index contributed by atoms with van der Waals surface area (Å²) >= 11 is 0. The molecular weight excluding hydrogens is 425 g/mol. The fourth-order valence-electron chi connectivity index (χ4n) is 3.73. The van der Waals surface area contributed by atoms with Gasteiger partial charge in [0, 0.05) is 18.3 Å². The first-order chi connectivity index (χ1) is 15.9. The molecule has 168 valence electrons. The number of benzene rings is 3. The van der Waals surface area contributed by atoms with Crippen molar-refractivity contribution in [3.05, 3.63) is 95.8 Å². The van der Waals surface area contributed by atoms with Gasteiger partial charge in [-0.25, -0.2) is 9.18 Å². The summed E-state index contributed by atoms with van der Waals surface area (Å²) in [7, 11) is 0. The fourth-order valence-corrected chi connectivity index (χ4v) is 3.73. The van der Waals surface area contributed by atoms with E-state index >= 15 is 0 Å².